The molecule has 1 aliphatic heterocycles. The van der Waals surface area contributed by atoms with Crippen LogP contribution in [-0.2, 0) is 0 Å². The van der Waals surface area contributed by atoms with E-state index in [0.717, 1.165) is 42.8 Å². The Hall–Kier alpha value is -0.880. The predicted octanol–water partition coefficient (Wildman–Crippen LogP) is 1.74. The highest BCUT2D eigenvalue weighted by Gasteiger charge is 2.24. The van der Waals surface area contributed by atoms with Crippen molar-refractivity contribution in [1.29, 1.82) is 0 Å². The number of hydrogen-bond donors (Lipinski definition) is 1. The average Bonchev–Trinajstić information content (AvgIpc) is 2.53. The molecule has 0 amide bonds. The van der Waals surface area contributed by atoms with E-state index in [-0.39, 0.29) is 0 Å². The van der Waals surface area contributed by atoms with Gasteiger partial charge in [0.2, 0.25) is 5.95 Å². The van der Waals surface area contributed by atoms with Crippen molar-refractivity contribution in [2.24, 2.45) is 0 Å². The van der Waals surface area contributed by atoms with Crippen LogP contribution in [0.4, 0.5) is 11.8 Å². The Morgan fingerprint density at radius 2 is 2.28 bits per heavy atom. The molecule has 6 heteroatoms. The van der Waals surface area contributed by atoms with Crippen LogP contribution in [0.2, 0.25) is 0 Å². The molecule has 1 saturated heterocycles. The van der Waals surface area contributed by atoms with Gasteiger partial charge in [0.15, 0.2) is 0 Å². The Bertz CT molecular complexity index is 411. The number of nitrogen functional groups attached to an aromatic ring is 1. The Kier molecular flexibility index (Phi) is 4.40. The SMILES string of the molecule is CCC1CN(C)CCCN1c1nc(N)ncc1Br. The highest BCUT2D eigenvalue weighted by Crippen LogP contribution is 2.27. The summed E-state index contributed by atoms with van der Waals surface area (Å²) in [4.78, 5) is 13.1. The zero-order valence-electron chi connectivity index (χ0n) is 10.9. The highest BCUT2D eigenvalue weighted by atomic mass is 79.9. The summed E-state index contributed by atoms with van der Waals surface area (Å²) in [6.07, 6.45) is 3.98. The van der Waals surface area contributed by atoms with E-state index in [4.69, 9.17) is 5.73 Å². The first-order valence-electron chi connectivity index (χ1n) is 6.35. The van der Waals surface area contributed by atoms with Crippen LogP contribution in [0.5, 0.6) is 0 Å². The molecule has 2 heterocycles. The van der Waals surface area contributed by atoms with Gasteiger partial charge < -0.3 is 15.5 Å². The monoisotopic (exact) mass is 313 g/mol. The molecule has 0 spiro atoms. The second-order valence-corrected chi connectivity index (χ2v) is 5.63. The Labute approximate surface area is 117 Å². The second kappa shape index (κ2) is 5.84. The minimum absolute atomic E-state index is 0.334. The third-order valence-electron chi connectivity index (χ3n) is 3.39. The predicted molar refractivity (Wildman–Crippen MR) is 77.7 cm³/mol. The van der Waals surface area contributed by atoms with Crippen molar-refractivity contribution in [1.82, 2.24) is 14.9 Å². The first-order valence-corrected chi connectivity index (χ1v) is 7.14. The number of anilines is 2. The molecular formula is C12H20BrN5. The molecule has 0 saturated carbocycles. The molecule has 2 rings (SSSR count). The van der Waals surface area contributed by atoms with Crippen LogP contribution in [0, 0.1) is 0 Å². The maximum absolute atomic E-state index is 5.71. The Morgan fingerprint density at radius 1 is 1.50 bits per heavy atom. The summed E-state index contributed by atoms with van der Waals surface area (Å²) < 4.78 is 0.916. The van der Waals surface area contributed by atoms with E-state index in [9.17, 15) is 0 Å². The van der Waals surface area contributed by atoms with Crippen molar-refractivity contribution in [2.75, 3.05) is 37.3 Å². The molecule has 100 valence electrons. The van der Waals surface area contributed by atoms with Gasteiger partial charge in [-0.05, 0) is 42.4 Å². The molecule has 5 nitrogen and oxygen atoms in total. The smallest absolute Gasteiger partial charge is 0.222 e. The van der Waals surface area contributed by atoms with E-state index in [1.807, 2.05) is 0 Å². The molecule has 1 fully saturated rings. The van der Waals surface area contributed by atoms with Gasteiger partial charge in [0.1, 0.15) is 5.82 Å². The number of hydrogen-bond acceptors (Lipinski definition) is 5. The van der Waals surface area contributed by atoms with Gasteiger partial charge in [-0.25, -0.2) is 4.98 Å². The topological polar surface area (TPSA) is 58.3 Å². The number of rotatable bonds is 2. The summed E-state index contributed by atoms with van der Waals surface area (Å²) in [5, 5.41) is 0. The zero-order valence-corrected chi connectivity index (χ0v) is 12.5. The highest BCUT2D eigenvalue weighted by molar-refractivity contribution is 9.10. The van der Waals surface area contributed by atoms with Crippen LogP contribution >= 0.6 is 15.9 Å². The fourth-order valence-corrected chi connectivity index (χ4v) is 2.86. The maximum Gasteiger partial charge on any atom is 0.222 e. The quantitative estimate of drug-likeness (QED) is 0.901. The summed E-state index contributed by atoms with van der Waals surface area (Å²) in [7, 11) is 2.18. The third-order valence-corrected chi connectivity index (χ3v) is 3.95. The lowest BCUT2D eigenvalue weighted by molar-refractivity contribution is 0.327. The first kappa shape index (κ1) is 13.5. The lowest BCUT2D eigenvalue weighted by Gasteiger charge is -2.31. The van der Waals surface area contributed by atoms with E-state index in [0.29, 0.717) is 12.0 Å². The summed E-state index contributed by atoms with van der Waals surface area (Å²) in [5.74, 6) is 1.25. The standard InChI is InChI=1S/C12H20BrN5/c1-3-9-8-17(2)5-4-6-18(9)11-10(13)7-15-12(14)16-11/h7,9H,3-6,8H2,1-2H3,(H2,14,15,16). The number of nitrogens with two attached hydrogens (primary N) is 1. The van der Waals surface area contributed by atoms with E-state index >= 15 is 0 Å². The van der Waals surface area contributed by atoms with Gasteiger partial charge in [-0.2, -0.15) is 4.98 Å². The lowest BCUT2D eigenvalue weighted by Crippen LogP contribution is -2.40. The van der Waals surface area contributed by atoms with Gasteiger partial charge >= 0.3 is 0 Å². The molecule has 0 aromatic carbocycles. The second-order valence-electron chi connectivity index (χ2n) is 4.77. The number of nitrogens with zero attached hydrogens (tertiary/aromatic N) is 4. The molecule has 1 aromatic rings. The number of aromatic nitrogens is 2. The van der Waals surface area contributed by atoms with Crippen molar-refractivity contribution in [3.63, 3.8) is 0 Å². The molecule has 18 heavy (non-hydrogen) atoms. The minimum Gasteiger partial charge on any atom is -0.368 e. The van der Waals surface area contributed by atoms with E-state index in [1.54, 1.807) is 6.20 Å². The molecule has 0 radical (unpaired) electrons. The van der Waals surface area contributed by atoms with E-state index in [2.05, 4.69) is 49.7 Å². The van der Waals surface area contributed by atoms with Crippen molar-refractivity contribution >= 4 is 27.7 Å². The summed E-state index contributed by atoms with van der Waals surface area (Å²) in [6, 6.07) is 0.475. The molecule has 1 atom stereocenters. The van der Waals surface area contributed by atoms with Gasteiger partial charge in [-0.3, -0.25) is 0 Å². The number of likely N-dealkylation sites (N-methyl/N-ethyl adjacent to an activating group) is 1. The molecule has 1 aromatic heterocycles. The van der Waals surface area contributed by atoms with Crippen LogP contribution in [0.25, 0.3) is 0 Å². The Morgan fingerprint density at radius 3 is 3.00 bits per heavy atom. The molecule has 0 bridgehead atoms. The average molecular weight is 314 g/mol. The van der Waals surface area contributed by atoms with Crippen LogP contribution in [0.3, 0.4) is 0 Å². The van der Waals surface area contributed by atoms with Crippen LogP contribution in [0.15, 0.2) is 10.7 Å². The maximum atomic E-state index is 5.71. The summed E-state index contributed by atoms with van der Waals surface area (Å²) in [5.41, 5.74) is 5.71. The fraction of sp³-hybridized carbons (Fsp3) is 0.667. The largest absolute Gasteiger partial charge is 0.368 e. The van der Waals surface area contributed by atoms with Gasteiger partial charge in [-0.15, -0.1) is 0 Å². The van der Waals surface area contributed by atoms with Crippen molar-refractivity contribution in [3.8, 4) is 0 Å². The lowest BCUT2D eigenvalue weighted by atomic mass is 10.2. The summed E-state index contributed by atoms with van der Waals surface area (Å²) >= 11 is 3.53. The molecule has 0 aliphatic carbocycles. The Balaban J connectivity index is 2.31. The fourth-order valence-electron chi connectivity index (χ4n) is 2.44. The van der Waals surface area contributed by atoms with E-state index < -0.39 is 0 Å². The number of halogens is 1. The minimum atomic E-state index is 0.334. The van der Waals surface area contributed by atoms with Crippen molar-refractivity contribution in [3.05, 3.63) is 10.7 Å². The van der Waals surface area contributed by atoms with Crippen molar-refractivity contribution in [2.45, 2.75) is 25.8 Å². The molecule has 1 unspecified atom stereocenters. The first-order chi connectivity index (χ1) is 8.61. The van der Waals surface area contributed by atoms with Gasteiger partial charge in [0, 0.05) is 25.3 Å². The van der Waals surface area contributed by atoms with Gasteiger partial charge in [0.05, 0.1) is 4.47 Å². The van der Waals surface area contributed by atoms with E-state index in [1.165, 1.54) is 0 Å². The van der Waals surface area contributed by atoms with Crippen LogP contribution in [-0.4, -0.2) is 47.6 Å². The van der Waals surface area contributed by atoms with Gasteiger partial charge in [-0.1, -0.05) is 6.92 Å². The molecule has 2 N–H and O–H groups in total. The molecule has 1 aliphatic rings. The van der Waals surface area contributed by atoms with Crippen LogP contribution < -0.4 is 10.6 Å². The zero-order chi connectivity index (χ0) is 13.1. The molecular weight excluding hydrogens is 294 g/mol. The summed E-state index contributed by atoms with van der Waals surface area (Å²) in [6.45, 7) is 5.42. The third kappa shape index (κ3) is 2.92. The normalized spacial score (nSPS) is 21.9. The van der Waals surface area contributed by atoms with Crippen LogP contribution in [0.1, 0.15) is 19.8 Å². The van der Waals surface area contributed by atoms with Gasteiger partial charge in [0.25, 0.3) is 0 Å². The van der Waals surface area contributed by atoms with Crippen molar-refractivity contribution < 1.29 is 0 Å².